The Hall–Kier alpha value is -4.90. The summed E-state index contributed by atoms with van der Waals surface area (Å²) in [5.74, 6) is -4.40. The predicted octanol–water partition coefficient (Wildman–Crippen LogP) is 3.66. The molecule has 186 valence electrons. The van der Waals surface area contributed by atoms with E-state index in [0.717, 1.165) is 11.7 Å². The Morgan fingerprint density at radius 2 is 1.22 bits per heavy atom. The van der Waals surface area contributed by atoms with Gasteiger partial charge >= 0.3 is 17.9 Å². The van der Waals surface area contributed by atoms with Crippen molar-refractivity contribution < 1.29 is 38.5 Å². The molecule has 1 N–H and O–H groups in total. The summed E-state index contributed by atoms with van der Waals surface area (Å²) in [7, 11) is 2.90. The van der Waals surface area contributed by atoms with E-state index in [0.29, 0.717) is 22.5 Å². The van der Waals surface area contributed by atoms with Crippen molar-refractivity contribution in [1.29, 1.82) is 0 Å². The molecule has 10 nitrogen and oxygen atoms in total. The smallest absolute Gasteiger partial charge is 0.387 e. The lowest BCUT2D eigenvalue weighted by Gasteiger charge is -2.13. The van der Waals surface area contributed by atoms with Gasteiger partial charge in [0.2, 0.25) is 0 Å². The Bertz CT molecular complexity index is 1540. The van der Waals surface area contributed by atoms with Crippen LogP contribution in [0.3, 0.4) is 0 Å². The van der Waals surface area contributed by atoms with E-state index in [-0.39, 0.29) is 16.7 Å². The predicted molar refractivity (Wildman–Crippen MR) is 133 cm³/mol. The summed E-state index contributed by atoms with van der Waals surface area (Å²) in [6.45, 7) is 0. The summed E-state index contributed by atoms with van der Waals surface area (Å²) in [4.78, 5) is 50.9. The minimum absolute atomic E-state index is 0.0345. The largest absolute Gasteiger partial charge is 0.497 e. The lowest BCUT2D eigenvalue weighted by Crippen LogP contribution is -2.23. The lowest BCUT2D eigenvalue weighted by molar-refractivity contribution is -0.152. The number of carboxylic acid groups (broad SMARTS) is 1. The number of nitrogens with zero attached hydrogens (tertiary/aromatic N) is 2. The molecular weight excluding hydrogens is 500 g/mol. The highest BCUT2D eigenvalue weighted by Gasteiger charge is 2.30. The van der Waals surface area contributed by atoms with E-state index in [1.165, 1.54) is 74.9 Å². The number of fused-ring (bicyclic) bond motifs is 1. The molecule has 4 aromatic rings. The Kier molecular flexibility index (Phi) is 7.35. The Labute approximate surface area is 214 Å². The highest BCUT2D eigenvalue weighted by atomic mass is 32.1. The molecule has 0 radical (unpaired) electrons. The monoisotopic (exact) mass is 518 g/mol. The lowest BCUT2D eigenvalue weighted by atomic mass is 9.94. The number of hydrogen-bond acceptors (Lipinski definition) is 10. The van der Waals surface area contributed by atoms with Crippen LogP contribution in [0.5, 0.6) is 11.5 Å². The summed E-state index contributed by atoms with van der Waals surface area (Å²) in [6.07, 6.45) is 0. The summed E-state index contributed by atoms with van der Waals surface area (Å²) >= 11 is 0.941. The highest BCUT2D eigenvalue weighted by Crippen LogP contribution is 2.31. The van der Waals surface area contributed by atoms with Gasteiger partial charge in [-0.2, -0.15) is 8.75 Å². The number of carbonyl (C=O) groups excluding carboxylic acids is 3. The molecule has 1 aromatic heterocycles. The van der Waals surface area contributed by atoms with Gasteiger partial charge in [0.1, 0.15) is 22.5 Å². The van der Waals surface area contributed by atoms with Crippen molar-refractivity contribution in [3.8, 4) is 11.5 Å². The fourth-order valence-electron chi connectivity index (χ4n) is 3.48. The maximum absolute atomic E-state index is 13.3. The van der Waals surface area contributed by atoms with E-state index >= 15 is 0 Å². The fourth-order valence-corrected chi connectivity index (χ4v) is 3.99. The minimum Gasteiger partial charge on any atom is -0.497 e. The third-order valence-electron chi connectivity index (χ3n) is 5.31. The number of hydrogen-bond donors (Lipinski definition) is 1. The number of rotatable bonds is 8. The molecule has 4 rings (SSSR count). The molecule has 1 heterocycles. The quantitative estimate of drug-likeness (QED) is 0.0917. The second-order valence-corrected chi connectivity index (χ2v) is 8.01. The van der Waals surface area contributed by atoms with E-state index in [2.05, 4.69) is 8.75 Å². The van der Waals surface area contributed by atoms with Crippen molar-refractivity contribution in [2.45, 2.75) is 0 Å². The van der Waals surface area contributed by atoms with E-state index in [9.17, 15) is 24.3 Å². The van der Waals surface area contributed by atoms with E-state index in [1.54, 1.807) is 6.07 Å². The number of benzene rings is 3. The van der Waals surface area contributed by atoms with Crippen LogP contribution in [0.4, 0.5) is 0 Å². The van der Waals surface area contributed by atoms with Crippen LogP contribution in [-0.4, -0.2) is 51.8 Å². The van der Waals surface area contributed by atoms with Gasteiger partial charge in [-0.1, -0.05) is 18.2 Å². The maximum Gasteiger partial charge on any atom is 0.387 e. The third-order valence-corrected chi connectivity index (χ3v) is 5.87. The topological polar surface area (TPSA) is 142 Å². The number of Topliss-reactive ketones (excluding diaryl/α,β-unsaturated/α-hetero) is 1. The molecule has 0 aliphatic carbocycles. The molecule has 0 atom stereocenters. The van der Waals surface area contributed by atoms with E-state index < -0.39 is 34.8 Å². The SMILES string of the molecule is COc1ccc(C(=O)C(=O)OC(=O)/C(=C(\C(=O)O)c2ccc(OC)cc2)c2ccc3nsnc3c2)cc1. The summed E-state index contributed by atoms with van der Waals surface area (Å²) in [6, 6.07) is 16.0. The number of carboxylic acids is 1. The fraction of sp³-hybridized carbons (Fsp3) is 0.0769. The van der Waals surface area contributed by atoms with Crippen LogP contribution >= 0.6 is 11.7 Å². The Morgan fingerprint density at radius 1 is 0.676 bits per heavy atom. The Morgan fingerprint density at radius 3 is 1.78 bits per heavy atom. The number of aromatic nitrogens is 2. The second kappa shape index (κ2) is 10.8. The molecule has 0 unspecified atom stereocenters. The van der Waals surface area contributed by atoms with Gasteiger partial charge in [-0.3, -0.25) is 4.79 Å². The number of ketones is 1. The zero-order valence-electron chi connectivity index (χ0n) is 19.5. The maximum atomic E-state index is 13.3. The zero-order chi connectivity index (χ0) is 26.5. The average Bonchev–Trinajstić information content (AvgIpc) is 3.39. The van der Waals surface area contributed by atoms with Crippen LogP contribution in [0.1, 0.15) is 21.5 Å². The van der Waals surface area contributed by atoms with Crippen LogP contribution in [0.2, 0.25) is 0 Å². The van der Waals surface area contributed by atoms with Gasteiger partial charge in [0.15, 0.2) is 0 Å². The molecule has 0 amide bonds. The van der Waals surface area contributed by atoms with Crippen molar-refractivity contribution in [1.82, 2.24) is 8.75 Å². The second-order valence-electron chi connectivity index (χ2n) is 7.49. The molecule has 11 heteroatoms. The van der Waals surface area contributed by atoms with Gasteiger partial charge < -0.3 is 19.3 Å². The van der Waals surface area contributed by atoms with Crippen LogP contribution in [-0.2, 0) is 19.1 Å². The van der Waals surface area contributed by atoms with Gasteiger partial charge in [0.05, 0.1) is 37.1 Å². The average molecular weight is 519 g/mol. The number of ether oxygens (including phenoxy) is 3. The molecule has 0 saturated carbocycles. The van der Waals surface area contributed by atoms with Crippen LogP contribution in [0.25, 0.3) is 22.2 Å². The molecule has 3 aromatic carbocycles. The first-order valence-electron chi connectivity index (χ1n) is 10.6. The van der Waals surface area contributed by atoms with Crippen molar-refractivity contribution in [2.75, 3.05) is 14.2 Å². The highest BCUT2D eigenvalue weighted by molar-refractivity contribution is 7.00. The zero-order valence-corrected chi connectivity index (χ0v) is 20.3. The van der Waals surface area contributed by atoms with Crippen molar-refractivity contribution >= 4 is 57.6 Å². The van der Waals surface area contributed by atoms with Gasteiger partial charge in [0, 0.05) is 5.56 Å². The first kappa shape index (κ1) is 25.2. The minimum atomic E-state index is -1.47. The number of methoxy groups -OCH3 is 2. The standard InChI is InChI=1S/C26H18N2O8S/c1-34-17-8-3-14(4-9-17)21(24(30)31)22(16-7-12-19-20(13-16)28-37-27-19)25(32)36-26(33)23(29)15-5-10-18(35-2)11-6-15/h3-13H,1-2H3,(H,30,31)/b22-21-. The molecule has 0 aliphatic heterocycles. The van der Waals surface area contributed by atoms with Crippen LogP contribution in [0, 0.1) is 0 Å². The van der Waals surface area contributed by atoms with Crippen molar-refractivity contribution in [3.05, 3.63) is 83.4 Å². The van der Waals surface area contributed by atoms with Crippen LogP contribution < -0.4 is 9.47 Å². The van der Waals surface area contributed by atoms with Crippen LogP contribution in [0.15, 0.2) is 66.7 Å². The molecule has 0 bridgehead atoms. The molecule has 0 spiro atoms. The molecule has 0 aliphatic rings. The number of carbonyl (C=O) groups is 4. The first-order valence-corrected chi connectivity index (χ1v) is 11.3. The van der Waals surface area contributed by atoms with E-state index in [4.69, 9.17) is 14.2 Å². The number of esters is 2. The molecule has 37 heavy (non-hydrogen) atoms. The van der Waals surface area contributed by atoms with Gasteiger partial charge in [-0.25, -0.2) is 14.4 Å². The third kappa shape index (κ3) is 5.36. The van der Waals surface area contributed by atoms with Gasteiger partial charge in [-0.05, 0) is 59.7 Å². The van der Waals surface area contributed by atoms with Gasteiger partial charge in [0.25, 0.3) is 5.78 Å². The summed E-state index contributed by atoms with van der Waals surface area (Å²) < 4.78 is 23.3. The van der Waals surface area contributed by atoms with Crippen molar-refractivity contribution in [3.63, 3.8) is 0 Å². The molecule has 0 saturated heterocycles. The van der Waals surface area contributed by atoms with E-state index in [1.807, 2.05) is 0 Å². The molecule has 0 fully saturated rings. The Balaban J connectivity index is 1.78. The summed E-state index contributed by atoms with van der Waals surface area (Å²) in [5.41, 5.74) is 0.284. The summed E-state index contributed by atoms with van der Waals surface area (Å²) in [5, 5.41) is 10.1. The first-order chi connectivity index (χ1) is 17.8. The van der Waals surface area contributed by atoms with Crippen molar-refractivity contribution in [2.24, 2.45) is 0 Å². The molecular formula is C26H18N2O8S. The normalized spacial score (nSPS) is 11.4. The number of aliphatic carboxylic acids is 1. The van der Waals surface area contributed by atoms with Gasteiger partial charge in [-0.15, -0.1) is 0 Å².